The number of carbonyl (C=O) groups excluding carboxylic acids is 1. The number of nitro benzene ring substituents is 1. The number of Topliss-reactive ketones (excluding diaryl/α,β-unsaturated/α-hetero) is 1. The number of rotatable bonds is 4. The van der Waals surface area contributed by atoms with Gasteiger partial charge < -0.3 is 5.32 Å². The molecule has 0 spiro atoms. The Kier molecular flexibility index (Phi) is 4.28. The molecule has 0 aliphatic rings. The number of thiocarbonyl (C=S) groups is 1. The van der Waals surface area contributed by atoms with Crippen LogP contribution < -0.4 is 5.32 Å². The van der Waals surface area contributed by atoms with Crippen molar-refractivity contribution < 1.29 is 9.72 Å². The molecule has 1 aromatic rings. The van der Waals surface area contributed by atoms with Gasteiger partial charge in [-0.2, -0.15) is 0 Å². The van der Waals surface area contributed by atoms with Crippen molar-refractivity contribution in [1.29, 1.82) is 0 Å². The van der Waals surface area contributed by atoms with Crippen molar-refractivity contribution in [1.82, 2.24) is 0 Å². The molecule has 0 heterocycles. The highest BCUT2D eigenvalue weighted by Gasteiger charge is 2.11. The largest absolute Gasteiger partial charge is 0.349 e. The van der Waals surface area contributed by atoms with Crippen LogP contribution in [0.4, 0.5) is 11.4 Å². The Hall–Kier alpha value is -1.82. The number of nitrogens with zero attached hydrogens (tertiary/aromatic N) is 1. The molecule has 0 aromatic heterocycles. The zero-order valence-electron chi connectivity index (χ0n) is 9.52. The van der Waals surface area contributed by atoms with Crippen LogP contribution in [0.25, 0.3) is 0 Å². The van der Waals surface area contributed by atoms with Gasteiger partial charge in [-0.25, -0.2) is 0 Å². The molecule has 0 aliphatic heterocycles. The molecule has 0 unspecified atom stereocenters. The molecular formula is C11H12N2O3S. The van der Waals surface area contributed by atoms with Crippen LogP contribution in [-0.4, -0.2) is 15.7 Å². The number of aryl methyl sites for hydroxylation is 1. The van der Waals surface area contributed by atoms with Crippen molar-refractivity contribution in [2.75, 3.05) is 5.32 Å². The third-order valence-corrected chi connectivity index (χ3v) is 2.35. The van der Waals surface area contributed by atoms with Gasteiger partial charge in [0, 0.05) is 17.3 Å². The molecule has 0 atom stereocenters. The van der Waals surface area contributed by atoms with Gasteiger partial charge in [0.2, 0.25) is 0 Å². The summed E-state index contributed by atoms with van der Waals surface area (Å²) in [6, 6.07) is 4.73. The minimum Gasteiger partial charge on any atom is -0.349 e. The van der Waals surface area contributed by atoms with Crippen molar-refractivity contribution in [3.8, 4) is 0 Å². The number of anilines is 1. The quantitative estimate of drug-likeness (QED) is 0.506. The van der Waals surface area contributed by atoms with Crippen molar-refractivity contribution in [2.24, 2.45) is 0 Å². The molecule has 6 heteroatoms. The molecule has 0 fully saturated rings. The number of benzene rings is 1. The van der Waals surface area contributed by atoms with Gasteiger partial charge in [0.25, 0.3) is 5.69 Å². The monoisotopic (exact) mass is 252 g/mol. The average molecular weight is 252 g/mol. The van der Waals surface area contributed by atoms with Gasteiger partial charge in [-0.05, 0) is 19.9 Å². The van der Waals surface area contributed by atoms with E-state index in [4.69, 9.17) is 12.2 Å². The second-order valence-corrected chi connectivity index (χ2v) is 4.18. The fourth-order valence-corrected chi connectivity index (χ4v) is 1.64. The van der Waals surface area contributed by atoms with Gasteiger partial charge in [0.1, 0.15) is 5.78 Å². The van der Waals surface area contributed by atoms with E-state index >= 15 is 0 Å². The van der Waals surface area contributed by atoms with Crippen LogP contribution in [0.15, 0.2) is 18.2 Å². The third kappa shape index (κ3) is 3.92. The molecule has 0 amide bonds. The minimum atomic E-state index is -0.450. The number of nitro groups is 1. The molecule has 1 aromatic carbocycles. The van der Waals surface area contributed by atoms with Crippen LogP contribution in [0.5, 0.6) is 0 Å². The van der Waals surface area contributed by atoms with E-state index in [-0.39, 0.29) is 17.9 Å². The smallest absolute Gasteiger partial charge is 0.274 e. The Morgan fingerprint density at radius 1 is 1.53 bits per heavy atom. The first-order valence-corrected chi connectivity index (χ1v) is 5.35. The van der Waals surface area contributed by atoms with Gasteiger partial charge in [0.05, 0.1) is 16.3 Å². The third-order valence-electron chi connectivity index (χ3n) is 2.10. The Bertz CT molecular complexity index is 486. The molecule has 90 valence electrons. The number of ketones is 1. The maximum Gasteiger partial charge on any atom is 0.274 e. The van der Waals surface area contributed by atoms with Gasteiger partial charge in [-0.3, -0.25) is 14.9 Å². The highest BCUT2D eigenvalue weighted by molar-refractivity contribution is 7.80. The predicted molar refractivity (Wildman–Crippen MR) is 69.4 cm³/mol. The summed E-state index contributed by atoms with van der Waals surface area (Å²) in [5.74, 6) is -0.0517. The summed E-state index contributed by atoms with van der Waals surface area (Å²) >= 11 is 4.95. The van der Waals surface area contributed by atoms with Crippen LogP contribution in [0.2, 0.25) is 0 Å². The Morgan fingerprint density at radius 3 is 2.71 bits per heavy atom. The molecule has 5 nitrogen and oxygen atoms in total. The number of hydrogen-bond donors (Lipinski definition) is 1. The van der Waals surface area contributed by atoms with Crippen molar-refractivity contribution in [2.45, 2.75) is 20.3 Å². The van der Waals surface area contributed by atoms with Crippen LogP contribution in [-0.2, 0) is 4.79 Å². The molecule has 17 heavy (non-hydrogen) atoms. The molecule has 0 bridgehead atoms. The van der Waals surface area contributed by atoms with Crippen LogP contribution in [0.1, 0.15) is 18.9 Å². The molecule has 1 rings (SSSR count). The van der Waals surface area contributed by atoms with E-state index in [0.29, 0.717) is 16.2 Å². The lowest BCUT2D eigenvalue weighted by atomic mass is 10.2. The zero-order valence-corrected chi connectivity index (χ0v) is 10.3. The summed E-state index contributed by atoms with van der Waals surface area (Å²) in [4.78, 5) is 21.5. The van der Waals surface area contributed by atoms with Crippen LogP contribution in [0.3, 0.4) is 0 Å². The summed E-state index contributed by atoms with van der Waals surface area (Å²) in [7, 11) is 0. The van der Waals surface area contributed by atoms with E-state index in [2.05, 4.69) is 5.32 Å². The van der Waals surface area contributed by atoms with Gasteiger partial charge in [-0.15, -0.1) is 0 Å². The zero-order chi connectivity index (χ0) is 13.0. The standard InChI is InChI=1S/C11H12N2O3S/c1-7-3-4-9(6-10(7)13(15)16)12-11(17)5-8(2)14/h3-4,6H,5H2,1-2H3,(H,12,17). The van der Waals surface area contributed by atoms with Gasteiger partial charge in [-0.1, -0.05) is 18.3 Å². The van der Waals surface area contributed by atoms with Crippen molar-refractivity contribution >= 4 is 34.4 Å². The average Bonchev–Trinajstić information content (AvgIpc) is 2.19. The van der Waals surface area contributed by atoms with Crippen LogP contribution in [0, 0.1) is 17.0 Å². The van der Waals surface area contributed by atoms with Gasteiger partial charge >= 0.3 is 0 Å². The van der Waals surface area contributed by atoms with E-state index in [1.807, 2.05) is 0 Å². The highest BCUT2D eigenvalue weighted by atomic mass is 32.1. The lowest BCUT2D eigenvalue weighted by Gasteiger charge is -2.07. The molecule has 0 saturated heterocycles. The van der Waals surface area contributed by atoms with E-state index in [9.17, 15) is 14.9 Å². The molecule has 0 radical (unpaired) electrons. The number of carbonyl (C=O) groups is 1. The fraction of sp³-hybridized carbons (Fsp3) is 0.273. The SMILES string of the molecule is CC(=O)CC(=S)Nc1ccc(C)c([N+](=O)[O-])c1. The first-order valence-electron chi connectivity index (χ1n) is 4.94. The Morgan fingerprint density at radius 2 is 2.18 bits per heavy atom. The second kappa shape index (κ2) is 5.49. The molecule has 0 saturated carbocycles. The van der Waals surface area contributed by atoms with Crippen molar-refractivity contribution in [3.05, 3.63) is 33.9 Å². The normalized spacial score (nSPS) is 9.76. The summed E-state index contributed by atoms with van der Waals surface area (Å²) in [5, 5.41) is 13.5. The molecule has 0 aliphatic carbocycles. The van der Waals surface area contributed by atoms with E-state index in [0.717, 1.165) is 0 Å². The lowest BCUT2D eigenvalue weighted by molar-refractivity contribution is -0.385. The Labute approximate surface area is 104 Å². The number of hydrogen-bond acceptors (Lipinski definition) is 4. The lowest BCUT2D eigenvalue weighted by Crippen LogP contribution is -2.12. The predicted octanol–water partition coefficient (Wildman–Crippen LogP) is 2.62. The summed E-state index contributed by atoms with van der Waals surface area (Å²) in [6.45, 7) is 3.10. The number of nitrogens with one attached hydrogen (secondary N) is 1. The fourth-order valence-electron chi connectivity index (χ4n) is 1.32. The van der Waals surface area contributed by atoms with Gasteiger partial charge in [0.15, 0.2) is 0 Å². The maximum atomic E-state index is 10.8. The molecular weight excluding hydrogens is 240 g/mol. The van der Waals surface area contributed by atoms with Crippen molar-refractivity contribution in [3.63, 3.8) is 0 Å². The first kappa shape index (κ1) is 13.2. The summed E-state index contributed by atoms with van der Waals surface area (Å²) in [5.41, 5.74) is 1.13. The summed E-state index contributed by atoms with van der Waals surface area (Å²) < 4.78 is 0. The van der Waals surface area contributed by atoms with Crippen LogP contribution >= 0.6 is 12.2 Å². The van der Waals surface area contributed by atoms with E-state index < -0.39 is 4.92 Å². The Balaban J connectivity index is 2.86. The minimum absolute atomic E-state index is 0.0284. The first-order chi connectivity index (χ1) is 7.90. The molecule has 1 N–H and O–H groups in total. The highest BCUT2D eigenvalue weighted by Crippen LogP contribution is 2.22. The van der Waals surface area contributed by atoms with E-state index in [1.54, 1.807) is 19.1 Å². The summed E-state index contributed by atoms with van der Waals surface area (Å²) in [6.07, 6.45) is 0.136. The second-order valence-electron chi connectivity index (χ2n) is 3.69. The maximum absolute atomic E-state index is 10.8. The topological polar surface area (TPSA) is 72.2 Å². The van der Waals surface area contributed by atoms with E-state index in [1.165, 1.54) is 13.0 Å².